The van der Waals surface area contributed by atoms with Crippen LogP contribution in [0.1, 0.15) is 51.1 Å². The van der Waals surface area contributed by atoms with Crippen LogP contribution in [-0.4, -0.2) is 46.6 Å². The van der Waals surface area contributed by atoms with E-state index in [-0.39, 0.29) is 5.41 Å². The summed E-state index contributed by atoms with van der Waals surface area (Å²) in [6.45, 7) is 8.34. The van der Waals surface area contributed by atoms with Gasteiger partial charge in [0.15, 0.2) is 5.96 Å². The van der Waals surface area contributed by atoms with Crippen molar-refractivity contribution in [3.8, 4) is 0 Å². The minimum atomic E-state index is 0.231. The number of hydrogen-bond acceptors (Lipinski definition) is 2. The average Bonchev–Trinajstić information content (AvgIpc) is 3.22. The van der Waals surface area contributed by atoms with Gasteiger partial charge in [-0.15, -0.1) is 0 Å². The number of nitrogens with one attached hydrogen (secondary N) is 1. The second-order valence-corrected chi connectivity index (χ2v) is 8.46. The van der Waals surface area contributed by atoms with E-state index in [2.05, 4.69) is 70.1 Å². The van der Waals surface area contributed by atoms with E-state index in [1.54, 1.807) is 0 Å². The van der Waals surface area contributed by atoms with Crippen LogP contribution in [0.5, 0.6) is 0 Å². The summed E-state index contributed by atoms with van der Waals surface area (Å²) in [4.78, 5) is 11.9. The van der Waals surface area contributed by atoms with Gasteiger partial charge in [0.05, 0.1) is 18.9 Å². The molecule has 2 atom stereocenters. The van der Waals surface area contributed by atoms with E-state index < -0.39 is 0 Å². The number of aliphatic imine (C=N–C) groups is 1. The van der Waals surface area contributed by atoms with Gasteiger partial charge in [-0.3, -0.25) is 4.99 Å². The summed E-state index contributed by atoms with van der Waals surface area (Å²) in [6.07, 6.45) is 10.9. The highest BCUT2D eigenvalue weighted by Gasteiger charge is 2.38. The van der Waals surface area contributed by atoms with E-state index in [4.69, 9.17) is 4.99 Å². The monoisotopic (exact) mass is 379 g/mol. The van der Waals surface area contributed by atoms with Gasteiger partial charge in [-0.2, -0.15) is 0 Å². The topological polar surface area (TPSA) is 45.5 Å². The van der Waals surface area contributed by atoms with Gasteiger partial charge in [0.1, 0.15) is 0 Å². The molecule has 1 aromatic heterocycles. The zero-order valence-electron chi connectivity index (χ0n) is 17.2. The number of imidazole rings is 1. The molecule has 0 bridgehead atoms. The Hall–Kier alpha value is -2.30. The normalized spacial score (nSPS) is 24.6. The summed E-state index contributed by atoms with van der Waals surface area (Å²) < 4.78 is 2.26. The van der Waals surface area contributed by atoms with Gasteiger partial charge in [0.2, 0.25) is 0 Å². The molecule has 2 heterocycles. The SMILES string of the molecule is CCNC(=NCC1(c2ccccc2)CCC1)N1CCC(C)C(n2ccnc2)C1. The van der Waals surface area contributed by atoms with E-state index in [1.807, 2.05) is 12.5 Å². The molecule has 28 heavy (non-hydrogen) atoms. The number of nitrogens with zero attached hydrogens (tertiary/aromatic N) is 4. The van der Waals surface area contributed by atoms with E-state index in [1.165, 1.54) is 31.2 Å². The van der Waals surface area contributed by atoms with Gasteiger partial charge >= 0.3 is 0 Å². The molecule has 1 aromatic carbocycles. The van der Waals surface area contributed by atoms with Crippen LogP contribution in [0.4, 0.5) is 0 Å². The lowest BCUT2D eigenvalue weighted by atomic mass is 9.64. The first-order valence-corrected chi connectivity index (χ1v) is 10.8. The Morgan fingerprint density at radius 3 is 2.75 bits per heavy atom. The molecule has 5 nitrogen and oxygen atoms in total. The smallest absolute Gasteiger partial charge is 0.194 e. The zero-order chi connectivity index (χ0) is 19.4. The van der Waals surface area contributed by atoms with Gasteiger partial charge in [-0.05, 0) is 37.7 Å². The van der Waals surface area contributed by atoms with Gasteiger partial charge in [0, 0.05) is 37.4 Å². The number of hydrogen-bond donors (Lipinski definition) is 1. The van der Waals surface area contributed by atoms with Crippen molar-refractivity contribution in [2.75, 3.05) is 26.2 Å². The maximum Gasteiger partial charge on any atom is 0.194 e. The molecule has 4 rings (SSSR count). The third-order valence-electron chi connectivity index (χ3n) is 6.69. The highest BCUT2D eigenvalue weighted by atomic mass is 15.3. The first kappa shape index (κ1) is 19.0. The fraction of sp³-hybridized carbons (Fsp3) is 0.565. The second-order valence-electron chi connectivity index (χ2n) is 8.46. The Kier molecular flexibility index (Phi) is 5.69. The number of rotatable bonds is 5. The van der Waals surface area contributed by atoms with Gasteiger partial charge in [-0.1, -0.05) is 43.7 Å². The summed E-state index contributed by atoms with van der Waals surface area (Å²) in [5.74, 6) is 1.72. The van der Waals surface area contributed by atoms with Crippen molar-refractivity contribution in [2.24, 2.45) is 10.9 Å². The van der Waals surface area contributed by atoms with Crippen molar-refractivity contribution in [1.29, 1.82) is 0 Å². The lowest BCUT2D eigenvalue weighted by molar-refractivity contribution is 0.187. The molecular formula is C23H33N5. The van der Waals surface area contributed by atoms with Crippen LogP contribution < -0.4 is 5.32 Å². The Morgan fingerprint density at radius 2 is 2.11 bits per heavy atom. The van der Waals surface area contributed by atoms with Crippen molar-refractivity contribution in [3.63, 3.8) is 0 Å². The summed E-state index contributed by atoms with van der Waals surface area (Å²) in [7, 11) is 0. The van der Waals surface area contributed by atoms with E-state index >= 15 is 0 Å². The number of guanidine groups is 1. The molecule has 1 aliphatic carbocycles. The highest BCUT2D eigenvalue weighted by Crippen LogP contribution is 2.44. The summed E-state index contributed by atoms with van der Waals surface area (Å²) in [5.41, 5.74) is 1.68. The second kappa shape index (κ2) is 8.38. The molecule has 0 spiro atoms. The van der Waals surface area contributed by atoms with Crippen molar-refractivity contribution in [3.05, 3.63) is 54.6 Å². The summed E-state index contributed by atoms with van der Waals surface area (Å²) >= 11 is 0. The van der Waals surface area contributed by atoms with Gasteiger partial charge in [0.25, 0.3) is 0 Å². The molecule has 1 saturated heterocycles. The lowest BCUT2D eigenvalue weighted by Gasteiger charge is -2.42. The third kappa shape index (κ3) is 3.80. The largest absolute Gasteiger partial charge is 0.357 e. The molecule has 2 fully saturated rings. The Morgan fingerprint density at radius 1 is 1.29 bits per heavy atom. The van der Waals surface area contributed by atoms with Gasteiger partial charge in [-0.25, -0.2) is 4.98 Å². The predicted octanol–water partition coefficient (Wildman–Crippen LogP) is 3.85. The average molecular weight is 380 g/mol. The maximum atomic E-state index is 5.16. The fourth-order valence-corrected chi connectivity index (χ4v) is 4.68. The van der Waals surface area contributed by atoms with Crippen LogP contribution in [0.2, 0.25) is 0 Å². The Balaban J connectivity index is 1.52. The first-order chi connectivity index (χ1) is 13.7. The van der Waals surface area contributed by atoms with Crippen LogP contribution in [0, 0.1) is 5.92 Å². The molecular weight excluding hydrogens is 346 g/mol. The standard InChI is InChI=1S/C23H33N5/c1-3-25-22(26-17-23(11-7-12-23)20-8-5-4-6-9-20)27-14-10-19(2)21(16-27)28-15-13-24-18-28/h4-6,8-9,13,15,18-19,21H,3,7,10-12,14,16-17H2,1-2H3,(H,25,26). The molecule has 2 aromatic rings. The van der Waals surface area contributed by atoms with Gasteiger partial charge < -0.3 is 14.8 Å². The predicted molar refractivity (Wildman–Crippen MR) is 115 cm³/mol. The molecule has 2 unspecified atom stereocenters. The van der Waals surface area contributed by atoms with Crippen LogP contribution in [-0.2, 0) is 5.41 Å². The molecule has 150 valence electrons. The highest BCUT2D eigenvalue weighted by molar-refractivity contribution is 5.80. The van der Waals surface area contributed by atoms with E-state index in [0.29, 0.717) is 12.0 Å². The first-order valence-electron chi connectivity index (χ1n) is 10.8. The number of aromatic nitrogens is 2. The van der Waals surface area contributed by atoms with Crippen LogP contribution >= 0.6 is 0 Å². The molecule has 1 saturated carbocycles. The molecule has 0 radical (unpaired) electrons. The van der Waals surface area contributed by atoms with Crippen LogP contribution in [0.25, 0.3) is 0 Å². The Bertz CT molecular complexity index is 764. The minimum Gasteiger partial charge on any atom is -0.357 e. The summed E-state index contributed by atoms with van der Waals surface area (Å²) in [5, 5.41) is 3.56. The maximum absolute atomic E-state index is 5.16. The number of likely N-dealkylation sites (tertiary alicyclic amines) is 1. The van der Waals surface area contributed by atoms with Crippen molar-refractivity contribution in [2.45, 2.75) is 51.0 Å². The number of benzene rings is 1. The molecule has 0 amide bonds. The van der Waals surface area contributed by atoms with Crippen LogP contribution in [0.15, 0.2) is 54.0 Å². The van der Waals surface area contributed by atoms with Crippen molar-refractivity contribution >= 4 is 5.96 Å². The Labute approximate surface area is 168 Å². The lowest BCUT2D eigenvalue weighted by Crippen LogP contribution is -2.49. The van der Waals surface area contributed by atoms with Crippen molar-refractivity contribution < 1.29 is 0 Å². The molecule has 5 heteroatoms. The molecule has 1 aliphatic heterocycles. The summed E-state index contributed by atoms with van der Waals surface area (Å²) in [6, 6.07) is 11.4. The molecule has 1 N–H and O–H groups in total. The minimum absolute atomic E-state index is 0.231. The van der Waals surface area contributed by atoms with Crippen LogP contribution in [0.3, 0.4) is 0 Å². The van der Waals surface area contributed by atoms with E-state index in [0.717, 1.165) is 32.1 Å². The van der Waals surface area contributed by atoms with Crippen molar-refractivity contribution in [1.82, 2.24) is 19.8 Å². The molecule has 2 aliphatic rings. The third-order valence-corrected chi connectivity index (χ3v) is 6.69. The number of piperidine rings is 1. The zero-order valence-corrected chi connectivity index (χ0v) is 17.2. The fourth-order valence-electron chi connectivity index (χ4n) is 4.68. The quantitative estimate of drug-likeness (QED) is 0.634. The van der Waals surface area contributed by atoms with E-state index in [9.17, 15) is 0 Å².